The summed E-state index contributed by atoms with van der Waals surface area (Å²) in [6, 6.07) is 0. The SMILES string of the molecule is CCCCCCCCCCCCC1(CCCCCCCCCCCC)C(=O)OC(=C[O-])C1=O.[Na+]. The van der Waals surface area contributed by atoms with E-state index in [-0.39, 0.29) is 41.1 Å². The molecule has 0 aromatic carbocycles. The number of hydrogen-bond acceptors (Lipinski definition) is 4. The van der Waals surface area contributed by atoms with E-state index in [0.717, 1.165) is 38.5 Å². The normalized spacial score (nSPS) is 16.1. The van der Waals surface area contributed by atoms with Crippen LogP contribution in [-0.4, -0.2) is 11.8 Å². The first-order valence-corrected chi connectivity index (χ1v) is 14.2. The van der Waals surface area contributed by atoms with Crippen LogP contribution in [0, 0.1) is 5.41 Å². The Morgan fingerprint density at radius 2 is 0.941 bits per heavy atom. The van der Waals surface area contributed by atoms with Gasteiger partial charge in [0.05, 0.1) is 0 Å². The van der Waals surface area contributed by atoms with Gasteiger partial charge in [-0.15, -0.1) is 6.26 Å². The maximum Gasteiger partial charge on any atom is 1.00 e. The van der Waals surface area contributed by atoms with E-state index in [1.165, 1.54) is 89.9 Å². The van der Waals surface area contributed by atoms with Gasteiger partial charge in [0.25, 0.3) is 0 Å². The molecule has 1 heterocycles. The second-order valence-electron chi connectivity index (χ2n) is 10.1. The summed E-state index contributed by atoms with van der Waals surface area (Å²) in [4.78, 5) is 25.5. The average Bonchev–Trinajstić information content (AvgIpc) is 3.06. The molecule has 0 aromatic rings. The van der Waals surface area contributed by atoms with Crippen molar-refractivity contribution >= 4 is 11.8 Å². The molecule has 4 nitrogen and oxygen atoms in total. The van der Waals surface area contributed by atoms with E-state index in [0.29, 0.717) is 19.1 Å². The molecule has 0 radical (unpaired) electrons. The second-order valence-corrected chi connectivity index (χ2v) is 10.1. The van der Waals surface area contributed by atoms with Crippen molar-refractivity contribution in [1.29, 1.82) is 0 Å². The van der Waals surface area contributed by atoms with Crippen LogP contribution < -0.4 is 34.7 Å². The number of allylic oxidation sites excluding steroid dienone is 1. The zero-order chi connectivity index (χ0) is 24.2. The Kier molecular flexibility index (Phi) is 21.7. The van der Waals surface area contributed by atoms with Gasteiger partial charge in [0.2, 0.25) is 5.78 Å². The van der Waals surface area contributed by atoms with Crippen molar-refractivity contribution in [3.63, 3.8) is 0 Å². The number of cyclic esters (lactones) is 1. The summed E-state index contributed by atoms with van der Waals surface area (Å²) in [5.74, 6) is -1.13. The number of carbonyl (C=O) groups is 2. The van der Waals surface area contributed by atoms with Crippen molar-refractivity contribution in [3.8, 4) is 0 Å². The van der Waals surface area contributed by atoms with Crippen molar-refractivity contribution in [2.24, 2.45) is 5.41 Å². The third-order valence-corrected chi connectivity index (χ3v) is 7.27. The molecule has 1 aliphatic heterocycles. The molecular formula is C29H51NaO4. The molecule has 0 amide bonds. The van der Waals surface area contributed by atoms with Crippen molar-refractivity contribution in [3.05, 3.63) is 12.0 Å². The van der Waals surface area contributed by atoms with Crippen LogP contribution in [0.1, 0.15) is 155 Å². The van der Waals surface area contributed by atoms with Crippen LogP contribution >= 0.6 is 0 Å². The van der Waals surface area contributed by atoms with Crippen LogP contribution in [0.15, 0.2) is 12.0 Å². The van der Waals surface area contributed by atoms with E-state index in [1.807, 2.05) is 0 Å². The van der Waals surface area contributed by atoms with Crippen LogP contribution in [0.2, 0.25) is 0 Å². The quantitative estimate of drug-likeness (QED) is 0.0544. The summed E-state index contributed by atoms with van der Waals surface area (Å²) in [6.07, 6.45) is 25.7. The van der Waals surface area contributed by atoms with Gasteiger partial charge in [-0.2, -0.15) is 0 Å². The zero-order valence-corrected chi connectivity index (χ0v) is 24.8. The Labute approximate surface area is 232 Å². The monoisotopic (exact) mass is 486 g/mol. The Morgan fingerprint density at radius 1 is 0.618 bits per heavy atom. The molecule has 0 aliphatic carbocycles. The molecule has 34 heavy (non-hydrogen) atoms. The molecule has 1 fully saturated rings. The van der Waals surface area contributed by atoms with Crippen molar-refractivity contribution in [2.45, 2.75) is 155 Å². The molecule has 0 bridgehead atoms. The Balaban J connectivity index is 0.0000109. The van der Waals surface area contributed by atoms with Crippen LogP contribution in [0.4, 0.5) is 0 Å². The number of ketones is 1. The Bertz CT molecular complexity index is 534. The molecule has 0 saturated carbocycles. The van der Waals surface area contributed by atoms with Gasteiger partial charge in [-0.05, 0) is 12.8 Å². The fourth-order valence-corrected chi connectivity index (χ4v) is 5.03. The smallest absolute Gasteiger partial charge is 0.875 e. The minimum absolute atomic E-state index is 0. The van der Waals surface area contributed by atoms with E-state index in [1.54, 1.807) is 0 Å². The van der Waals surface area contributed by atoms with Gasteiger partial charge >= 0.3 is 35.5 Å². The molecule has 1 saturated heterocycles. The first-order valence-electron chi connectivity index (χ1n) is 14.2. The molecule has 0 aromatic heterocycles. The van der Waals surface area contributed by atoms with Crippen molar-refractivity contribution < 1.29 is 49.0 Å². The Morgan fingerprint density at radius 3 is 1.24 bits per heavy atom. The first kappa shape index (κ1) is 33.7. The maximum absolute atomic E-state index is 12.8. The van der Waals surface area contributed by atoms with Gasteiger partial charge in [-0.1, -0.05) is 142 Å². The van der Waals surface area contributed by atoms with Gasteiger partial charge in [-0.3, -0.25) is 9.59 Å². The molecule has 0 unspecified atom stereocenters. The predicted molar refractivity (Wildman–Crippen MR) is 135 cm³/mol. The summed E-state index contributed by atoms with van der Waals surface area (Å²) < 4.78 is 5.08. The topological polar surface area (TPSA) is 66.4 Å². The molecule has 0 spiro atoms. The van der Waals surface area contributed by atoms with Gasteiger partial charge in [0.15, 0.2) is 5.76 Å². The molecule has 1 aliphatic rings. The number of hydrogen-bond donors (Lipinski definition) is 0. The molecule has 0 atom stereocenters. The molecule has 192 valence electrons. The first-order chi connectivity index (χ1) is 16.1. The second kappa shape index (κ2) is 21.9. The van der Waals surface area contributed by atoms with Gasteiger partial charge in [-0.25, -0.2) is 0 Å². The summed E-state index contributed by atoms with van der Waals surface area (Å²) in [5, 5.41) is 11.2. The standard InChI is InChI=1S/C29H52O4.Na/c1-3-5-7-9-11-13-15-17-19-21-23-29(27(31)26(25-30)33-28(29)32)24-22-20-18-16-14-12-10-8-6-4-2;/h25,30H,3-24H2,1-2H3;/q;+1/p-1. The van der Waals surface area contributed by atoms with Crippen molar-refractivity contribution in [1.82, 2.24) is 0 Å². The predicted octanol–water partition coefficient (Wildman–Crippen LogP) is 4.93. The zero-order valence-electron chi connectivity index (χ0n) is 22.8. The average molecular weight is 487 g/mol. The number of rotatable bonds is 22. The van der Waals surface area contributed by atoms with Crippen molar-refractivity contribution in [2.75, 3.05) is 0 Å². The van der Waals surface area contributed by atoms with Crippen LogP contribution in [0.3, 0.4) is 0 Å². The van der Waals surface area contributed by atoms with Crippen LogP contribution in [-0.2, 0) is 14.3 Å². The molecule has 5 heteroatoms. The van der Waals surface area contributed by atoms with E-state index in [4.69, 9.17) is 4.74 Å². The number of Topliss-reactive ketones (excluding diaryl/α,β-unsaturated/α-hetero) is 1. The molecule has 1 rings (SSSR count). The third kappa shape index (κ3) is 13.1. The fourth-order valence-electron chi connectivity index (χ4n) is 5.03. The number of carbonyl (C=O) groups excluding carboxylic acids is 2. The molecular weight excluding hydrogens is 435 g/mol. The summed E-state index contributed by atoms with van der Waals surface area (Å²) >= 11 is 0. The van der Waals surface area contributed by atoms with Gasteiger partial charge in [0, 0.05) is 0 Å². The molecule has 0 N–H and O–H groups in total. The minimum atomic E-state index is -1.10. The van der Waals surface area contributed by atoms with Gasteiger partial charge < -0.3 is 9.84 Å². The van der Waals surface area contributed by atoms with E-state index < -0.39 is 11.4 Å². The largest absolute Gasteiger partial charge is 1.00 e. The maximum atomic E-state index is 12.8. The number of ether oxygens (including phenoxy) is 1. The Hall–Kier alpha value is -0.320. The van der Waals surface area contributed by atoms with E-state index in [9.17, 15) is 14.7 Å². The number of unbranched alkanes of at least 4 members (excludes halogenated alkanes) is 18. The number of esters is 1. The van der Waals surface area contributed by atoms with Crippen LogP contribution in [0.5, 0.6) is 0 Å². The fraction of sp³-hybridized carbons (Fsp3) is 0.862. The summed E-state index contributed by atoms with van der Waals surface area (Å²) in [6.45, 7) is 4.48. The van der Waals surface area contributed by atoms with E-state index in [2.05, 4.69) is 13.8 Å². The summed E-state index contributed by atoms with van der Waals surface area (Å²) in [5.41, 5.74) is -1.10. The third-order valence-electron chi connectivity index (χ3n) is 7.27. The minimum Gasteiger partial charge on any atom is -0.875 e. The van der Waals surface area contributed by atoms with Gasteiger partial charge in [0.1, 0.15) is 5.41 Å². The summed E-state index contributed by atoms with van der Waals surface area (Å²) in [7, 11) is 0. The van der Waals surface area contributed by atoms with Crippen LogP contribution in [0.25, 0.3) is 0 Å². The van der Waals surface area contributed by atoms with E-state index >= 15 is 0 Å².